The minimum Gasteiger partial charge on any atom is -0.367 e. The maximum atomic E-state index is 13.9. The molecule has 0 unspecified atom stereocenters. The van der Waals surface area contributed by atoms with Crippen molar-refractivity contribution in [3.63, 3.8) is 0 Å². The topological polar surface area (TPSA) is 26.8 Å². The Morgan fingerprint density at radius 2 is 1.71 bits per heavy atom. The Kier molecular flexibility index (Phi) is 5.57. The van der Waals surface area contributed by atoms with E-state index in [9.17, 15) is 13.6 Å². The van der Waals surface area contributed by atoms with E-state index in [-0.39, 0.29) is 17.5 Å². The number of para-hydroxylation sites is 1. The quantitative estimate of drug-likeness (QED) is 0.789. The van der Waals surface area contributed by atoms with Gasteiger partial charge in [-0.25, -0.2) is 8.78 Å². The molecule has 0 spiro atoms. The van der Waals surface area contributed by atoms with Crippen molar-refractivity contribution >= 4 is 17.3 Å². The van der Waals surface area contributed by atoms with Gasteiger partial charge in [-0.05, 0) is 55.3 Å². The second-order valence-corrected chi connectivity index (χ2v) is 7.45. The number of hydrogen-bond donors (Lipinski definition) is 0. The second kappa shape index (κ2) is 8.27. The standard InChI is InChI=1S/C22H25F2N3O/c23-18-7-8-20-17(16-18)9-11-27(20)22(28)6-3-10-25-12-14-26(15-13-25)21-5-2-1-4-19(21)24/h1-2,4-5,7-8,16H,3,6,9-15H2. The van der Waals surface area contributed by atoms with Crippen molar-refractivity contribution in [2.24, 2.45) is 0 Å². The fraction of sp³-hybridized carbons (Fsp3) is 0.409. The van der Waals surface area contributed by atoms with Crippen molar-refractivity contribution < 1.29 is 13.6 Å². The number of rotatable bonds is 5. The summed E-state index contributed by atoms with van der Waals surface area (Å²) in [5, 5.41) is 0. The fourth-order valence-electron chi connectivity index (χ4n) is 4.14. The van der Waals surface area contributed by atoms with Crippen molar-refractivity contribution in [2.75, 3.05) is 49.1 Å². The van der Waals surface area contributed by atoms with Gasteiger partial charge in [0.2, 0.25) is 5.91 Å². The van der Waals surface area contributed by atoms with Gasteiger partial charge in [0.15, 0.2) is 0 Å². The van der Waals surface area contributed by atoms with Gasteiger partial charge in [0, 0.05) is 44.8 Å². The molecule has 0 aromatic heterocycles. The molecule has 2 aromatic rings. The number of hydrogen-bond acceptors (Lipinski definition) is 3. The van der Waals surface area contributed by atoms with E-state index >= 15 is 0 Å². The molecular formula is C22H25F2N3O. The summed E-state index contributed by atoms with van der Waals surface area (Å²) in [6, 6.07) is 11.5. The van der Waals surface area contributed by atoms with Crippen LogP contribution in [0.15, 0.2) is 42.5 Å². The van der Waals surface area contributed by atoms with Gasteiger partial charge in [-0.3, -0.25) is 9.69 Å². The monoisotopic (exact) mass is 385 g/mol. The maximum Gasteiger partial charge on any atom is 0.227 e. The number of carbonyl (C=O) groups is 1. The number of fused-ring (bicyclic) bond motifs is 1. The molecule has 0 bridgehead atoms. The highest BCUT2D eigenvalue weighted by atomic mass is 19.1. The molecule has 4 rings (SSSR count). The highest BCUT2D eigenvalue weighted by Crippen LogP contribution is 2.29. The van der Waals surface area contributed by atoms with Gasteiger partial charge in [-0.1, -0.05) is 12.1 Å². The minimum atomic E-state index is -0.248. The van der Waals surface area contributed by atoms with Crippen LogP contribution in [0.25, 0.3) is 0 Å². The Morgan fingerprint density at radius 1 is 0.929 bits per heavy atom. The zero-order valence-corrected chi connectivity index (χ0v) is 15.9. The summed E-state index contributed by atoms with van der Waals surface area (Å²) in [6.45, 7) is 4.82. The van der Waals surface area contributed by atoms with Crippen LogP contribution >= 0.6 is 0 Å². The zero-order valence-electron chi connectivity index (χ0n) is 15.9. The molecule has 2 aliphatic heterocycles. The first-order valence-electron chi connectivity index (χ1n) is 9.92. The summed E-state index contributed by atoms with van der Waals surface area (Å²) in [4.78, 5) is 18.8. The lowest BCUT2D eigenvalue weighted by molar-refractivity contribution is -0.118. The molecule has 6 heteroatoms. The lowest BCUT2D eigenvalue weighted by Gasteiger charge is -2.36. The molecule has 2 aliphatic rings. The smallest absolute Gasteiger partial charge is 0.227 e. The van der Waals surface area contributed by atoms with Crippen molar-refractivity contribution in [3.05, 3.63) is 59.7 Å². The molecule has 148 valence electrons. The van der Waals surface area contributed by atoms with E-state index in [1.165, 1.54) is 18.2 Å². The summed E-state index contributed by atoms with van der Waals surface area (Å²) < 4.78 is 27.2. The summed E-state index contributed by atoms with van der Waals surface area (Å²) in [7, 11) is 0. The first-order chi connectivity index (χ1) is 13.6. The van der Waals surface area contributed by atoms with Crippen LogP contribution in [0.3, 0.4) is 0 Å². The molecule has 1 saturated heterocycles. The SMILES string of the molecule is O=C(CCCN1CCN(c2ccccc2F)CC1)N1CCc2cc(F)ccc21. The van der Waals surface area contributed by atoms with E-state index in [1.807, 2.05) is 12.1 Å². The number of nitrogens with zero attached hydrogens (tertiary/aromatic N) is 3. The maximum absolute atomic E-state index is 13.9. The largest absolute Gasteiger partial charge is 0.367 e. The first kappa shape index (κ1) is 18.9. The van der Waals surface area contributed by atoms with Crippen molar-refractivity contribution in [2.45, 2.75) is 19.3 Å². The van der Waals surface area contributed by atoms with Gasteiger partial charge >= 0.3 is 0 Å². The summed E-state index contributed by atoms with van der Waals surface area (Å²) >= 11 is 0. The highest BCUT2D eigenvalue weighted by molar-refractivity contribution is 5.95. The molecular weight excluding hydrogens is 360 g/mol. The van der Waals surface area contributed by atoms with E-state index in [0.29, 0.717) is 18.7 Å². The molecule has 0 radical (unpaired) electrons. The second-order valence-electron chi connectivity index (χ2n) is 7.45. The number of amides is 1. The number of piperazine rings is 1. The van der Waals surface area contributed by atoms with E-state index in [4.69, 9.17) is 0 Å². The van der Waals surface area contributed by atoms with Gasteiger partial charge < -0.3 is 9.80 Å². The average Bonchev–Trinajstić information content (AvgIpc) is 3.12. The van der Waals surface area contributed by atoms with E-state index < -0.39 is 0 Å². The molecule has 2 aromatic carbocycles. The van der Waals surface area contributed by atoms with Crippen molar-refractivity contribution in [3.8, 4) is 0 Å². The van der Waals surface area contributed by atoms with Gasteiger partial charge in [-0.2, -0.15) is 0 Å². The van der Waals surface area contributed by atoms with Gasteiger partial charge in [-0.15, -0.1) is 0 Å². The van der Waals surface area contributed by atoms with Gasteiger partial charge in [0.05, 0.1) is 5.69 Å². The van der Waals surface area contributed by atoms with Crippen LogP contribution in [0.1, 0.15) is 18.4 Å². The Hall–Kier alpha value is -2.47. The lowest BCUT2D eigenvalue weighted by atomic mass is 10.1. The van der Waals surface area contributed by atoms with Crippen LogP contribution in [0.4, 0.5) is 20.2 Å². The molecule has 1 amide bonds. The summed E-state index contributed by atoms with van der Waals surface area (Å²) in [5.41, 5.74) is 2.43. The third-order valence-electron chi connectivity index (χ3n) is 5.67. The van der Waals surface area contributed by atoms with E-state index in [1.54, 1.807) is 17.0 Å². The van der Waals surface area contributed by atoms with Crippen LogP contribution in [-0.2, 0) is 11.2 Å². The van der Waals surface area contributed by atoms with Crippen molar-refractivity contribution in [1.29, 1.82) is 0 Å². The Balaban J connectivity index is 1.23. The minimum absolute atomic E-state index is 0.107. The van der Waals surface area contributed by atoms with Crippen LogP contribution in [0.5, 0.6) is 0 Å². The Labute approximate surface area is 164 Å². The zero-order chi connectivity index (χ0) is 19.5. The van der Waals surface area contributed by atoms with Crippen molar-refractivity contribution in [1.82, 2.24) is 4.90 Å². The van der Waals surface area contributed by atoms with Crippen LogP contribution in [-0.4, -0.2) is 50.1 Å². The predicted molar refractivity (Wildman–Crippen MR) is 107 cm³/mol. The number of carbonyl (C=O) groups excluding carboxylic acids is 1. The third kappa shape index (κ3) is 4.02. The number of anilines is 2. The molecule has 2 heterocycles. The van der Waals surface area contributed by atoms with Crippen LogP contribution in [0.2, 0.25) is 0 Å². The normalized spacial score (nSPS) is 17.1. The number of halogens is 2. The number of benzene rings is 2. The lowest BCUT2D eigenvalue weighted by Crippen LogP contribution is -2.47. The first-order valence-corrected chi connectivity index (χ1v) is 9.92. The molecule has 1 fully saturated rings. The average molecular weight is 385 g/mol. The van der Waals surface area contributed by atoms with Crippen LogP contribution in [0, 0.1) is 11.6 Å². The molecule has 0 atom stereocenters. The summed E-state index contributed by atoms with van der Waals surface area (Å²) in [5.74, 6) is -0.315. The third-order valence-corrected chi connectivity index (χ3v) is 5.67. The molecule has 28 heavy (non-hydrogen) atoms. The molecule has 0 N–H and O–H groups in total. The van der Waals surface area contributed by atoms with E-state index in [0.717, 1.165) is 56.8 Å². The summed E-state index contributed by atoms with van der Waals surface area (Å²) in [6.07, 6.45) is 2.01. The predicted octanol–water partition coefficient (Wildman–Crippen LogP) is 3.46. The Bertz CT molecular complexity index is 849. The highest BCUT2D eigenvalue weighted by Gasteiger charge is 2.25. The van der Waals surface area contributed by atoms with Gasteiger partial charge in [0.25, 0.3) is 0 Å². The molecule has 0 aliphatic carbocycles. The van der Waals surface area contributed by atoms with Crippen LogP contribution < -0.4 is 9.80 Å². The van der Waals surface area contributed by atoms with Gasteiger partial charge in [0.1, 0.15) is 11.6 Å². The molecule has 4 nitrogen and oxygen atoms in total. The fourth-order valence-corrected chi connectivity index (χ4v) is 4.14. The molecule has 0 saturated carbocycles. The van der Waals surface area contributed by atoms with E-state index in [2.05, 4.69) is 9.80 Å². The Morgan fingerprint density at radius 3 is 2.50 bits per heavy atom.